The molecule has 0 bridgehead atoms. The summed E-state index contributed by atoms with van der Waals surface area (Å²) in [4.78, 5) is 44.1. The Kier molecular flexibility index (Phi) is 6.24. The van der Waals surface area contributed by atoms with E-state index in [1.165, 1.54) is 10.6 Å². The molecule has 4 rings (SSSR count). The van der Waals surface area contributed by atoms with Crippen molar-refractivity contribution in [1.29, 1.82) is 0 Å². The highest BCUT2D eigenvalue weighted by molar-refractivity contribution is 5.94. The number of anilines is 1. The third-order valence-corrected chi connectivity index (χ3v) is 6.39. The molecule has 0 aliphatic carbocycles. The molecule has 1 saturated heterocycles. The molecular weight excluding hydrogens is 432 g/mol. The van der Waals surface area contributed by atoms with Gasteiger partial charge in [0.25, 0.3) is 5.56 Å². The third kappa shape index (κ3) is 4.07. The van der Waals surface area contributed by atoms with Gasteiger partial charge >= 0.3 is 5.97 Å². The molecule has 0 saturated carbocycles. The molecule has 2 unspecified atom stereocenters. The molecule has 1 amide bonds. The second-order valence-electron chi connectivity index (χ2n) is 8.70. The van der Waals surface area contributed by atoms with Crippen LogP contribution < -0.4 is 10.9 Å². The highest BCUT2D eigenvalue weighted by Crippen LogP contribution is 2.33. The number of carbonyl (C=O) groups is 2. The van der Waals surface area contributed by atoms with Crippen LogP contribution in [0.25, 0.3) is 10.9 Å². The Labute approximate surface area is 197 Å². The van der Waals surface area contributed by atoms with Crippen LogP contribution in [0.1, 0.15) is 59.2 Å². The molecule has 176 valence electrons. The molecule has 2 N–H and O–H groups in total. The molecule has 1 fully saturated rings. The van der Waals surface area contributed by atoms with Crippen molar-refractivity contribution in [1.82, 2.24) is 14.5 Å². The maximum atomic E-state index is 13.4. The lowest BCUT2D eigenvalue weighted by atomic mass is 10.00. The van der Waals surface area contributed by atoms with Gasteiger partial charge in [0.1, 0.15) is 5.82 Å². The van der Waals surface area contributed by atoms with E-state index in [9.17, 15) is 19.5 Å². The van der Waals surface area contributed by atoms with Crippen molar-refractivity contribution in [2.75, 3.05) is 11.9 Å². The molecular formula is C26H28N4O4. The zero-order valence-corrected chi connectivity index (χ0v) is 19.5. The highest BCUT2D eigenvalue weighted by atomic mass is 16.4. The molecule has 0 spiro atoms. The maximum absolute atomic E-state index is 13.4. The van der Waals surface area contributed by atoms with Gasteiger partial charge in [-0.3, -0.25) is 14.2 Å². The summed E-state index contributed by atoms with van der Waals surface area (Å²) in [6.07, 6.45) is 2.83. The second-order valence-corrected chi connectivity index (χ2v) is 8.70. The molecule has 2 heterocycles. The number of carboxylic acids is 1. The summed E-state index contributed by atoms with van der Waals surface area (Å²) >= 11 is 0. The van der Waals surface area contributed by atoms with E-state index in [1.807, 2.05) is 26.0 Å². The van der Waals surface area contributed by atoms with Crippen LogP contribution in [0.3, 0.4) is 0 Å². The van der Waals surface area contributed by atoms with Gasteiger partial charge in [0, 0.05) is 24.8 Å². The van der Waals surface area contributed by atoms with Crippen molar-refractivity contribution in [3.8, 4) is 0 Å². The Morgan fingerprint density at radius 1 is 1.29 bits per heavy atom. The summed E-state index contributed by atoms with van der Waals surface area (Å²) in [5, 5.41) is 13.3. The molecule has 1 aliphatic rings. The summed E-state index contributed by atoms with van der Waals surface area (Å²) in [7, 11) is 1.69. The van der Waals surface area contributed by atoms with Crippen LogP contribution in [0, 0.1) is 6.92 Å². The number of para-hydroxylation sites is 1. The van der Waals surface area contributed by atoms with Crippen molar-refractivity contribution in [3.05, 3.63) is 81.9 Å². The Bertz CT molecular complexity index is 1360. The summed E-state index contributed by atoms with van der Waals surface area (Å²) in [5.74, 6) is -0.665. The van der Waals surface area contributed by atoms with Gasteiger partial charge in [-0.2, -0.15) is 0 Å². The van der Waals surface area contributed by atoms with Crippen molar-refractivity contribution in [2.24, 2.45) is 7.05 Å². The Hall–Kier alpha value is -3.94. The minimum absolute atomic E-state index is 0.167. The first-order valence-electron chi connectivity index (χ1n) is 11.3. The lowest BCUT2D eigenvalue weighted by Crippen LogP contribution is -2.34. The topological polar surface area (TPSA) is 105 Å². The second kappa shape index (κ2) is 9.13. The predicted octanol–water partition coefficient (Wildman–Crippen LogP) is 3.96. The standard InChI is InChI=1S/C26H28N4O4/c1-5-22(31)30-12-8-11-21(30)24-28-23-18(13-15(2)14-19(23)25(32)29(24)4)16(3)27-20-10-7-6-9-17(20)26(33)34/h5-7,9-10,13-14,16,21,27H,1,8,11-12H2,2-4H3,(H,33,34). The van der Waals surface area contributed by atoms with Crippen LogP contribution in [0.15, 0.2) is 53.8 Å². The lowest BCUT2D eigenvalue weighted by Gasteiger charge is -2.25. The average Bonchev–Trinajstić information content (AvgIpc) is 3.30. The summed E-state index contributed by atoms with van der Waals surface area (Å²) in [6, 6.07) is 9.85. The van der Waals surface area contributed by atoms with E-state index in [-0.39, 0.29) is 29.1 Å². The quantitative estimate of drug-likeness (QED) is 0.540. The zero-order valence-electron chi connectivity index (χ0n) is 19.5. The van der Waals surface area contributed by atoms with E-state index >= 15 is 0 Å². The SMILES string of the molecule is C=CC(=O)N1CCCC1c1nc2c(C(C)Nc3ccccc3C(=O)O)cc(C)cc2c(=O)n1C. The fourth-order valence-corrected chi connectivity index (χ4v) is 4.72. The van der Waals surface area contributed by atoms with E-state index in [0.29, 0.717) is 35.4 Å². The van der Waals surface area contributed by atoms with Gasteiger partial charge in [0.05, 0.1) is 28.6 Å². The Balaban J connectivity index is 1.85. The minimum atomic E-state index is -1.02. The number of rotatable bonds is 6. The maximum Gasteiger partial charge on any atom is 0.337 e. The molecule has 0 radical (unpaired) electrons. The molecule has 1 aromatic heterocycles. The molecule has 8 nitrogen and oxygen atoms in total. The van der Waals surface area contributed by atoms with Crippen LogP contribution in [0.5, 0.6) is 0 Å². The number of hydrogen-bond acceptors (Lipinski definition) is 5. The summed E-state index contributed by atoms with van der Waals surface area (Å²) < 4.78 is 1.53. The number of aryl methyl sites for hydroxylation is 1. The van der Waals surface area contributed by atoms with Crippen LogP contribution in [0.4, 0.5) is 5.69 Å². The number of carbonyl (C=O) groups excluding carboxylic acids is 1. The lowest BCUT2D eigenvalue weighted by molar-refractivity contribution is -0.127. The van der Waals surface area contributed by atoms with Crippen LogP contribution >= 0.6 is 0 Å². The molecule has 2 aromatic carbocycles. The highest BCUT2D eigenvalue weighted by Gasteiger charge is 2.32. The largest absolute Gasteiger partial charge is 0.478 e. The fourth-order valence-electron chi connectivity index (χ4n) is 4.72. The van der Waals surface area contributed by atoms with Gasteiger partial charge in [0.2, 0.25) is 5.91 Å². The Morgan fingerprint density at radius 2 is 2.03 bits per heavy atom. The van der Waals surface area contributed by atoms with Crippen molar-refractivity contribution in [3.63, 3.8) is 0 Å². The van der Waals surface area contributed by atoms with E-state index in [4.69, 9.17) is 4.98 Å². The predicted molar refractivity (Wildman–Crippen MR) is 131 cm³/mol. The first-order valence-corrected chi connectivity index (χ1v) is 11.3. The van der Waals surface area contributed by atoms with Crippen molar-refractivity contribution < 1.29 is 14.7 Å². The molecule has 8 heteroatoms. The van der Waals surface area contributed by atoms with E-state index in [0.717, 1.165) is 17.5 Å². The van der Waals surface area contributed by atoms with Gasteiger partial charge in [0.15, 0.2) is 0 Å². The van der Waals surface area contributed by atoms with E-state index in [2.05, 4.69) is 11.9 Å². The third-order valence-electron chi connectivity index (χ3n) is 6.39. The number of amides is 1. The summed E-state index contributed by atoms with van der Waals surface area (Å²) in [6.45, 7) is 8.01. The number of fused-ring (bicyclic) bond motifs is 1. The van der Waals surface area contributed by atoms with Crippen molar-refractivity contribution in [2.45, 2.75) is 38.8 Å². The van der Waals surface area contributed by atoms with E-state index in [1.54, 1.807) is 36.2 Å². The number of aromatic nitrogens is 2. The molecule has 2 atom stereocenters. The number of hydrogen-bond donors (Lipinski definition) is 2. The van der Waals surface area contributed by atoms with Crippen molar-refractivity contribution >= 4 is 28.5 Å². The Morgan fingerprint density at radius 3 is 2.74 bits per heavy atom. The van der Waals surface area contributed by atoms with Crippen LogP contribution in [0.2, 0.25) is 0 Å². The van der Waals surface area contributed by atoms with Crippen LogP contribution in [-0.2, 0) is 11.8 Å². The van der Waals surface area contributed by atoms with Gasteiger partial charge in [-0.1, -0.05) is 24.8 Å². The number of likely N-dealkylation sites (tertiary alicyclic amines) is 1. The van der Waals surface area contributed by atoms with Gasteiger partial charge in [-0.25, -0.2) is 9.78 Å². The fraction of sp³-hybridized carbons (Fsp3) is 0.308. The minimum Gasteiger partial charge on any atom is -0.478 e. The first kappa shape index (κ1) is 23.2. The summed E-state index contributed by atoms with van der Waals surface area (Å²) in [5.41, 5.74) is 2.71. The first-order chi connectivity index (χ1) is 16.2. The van der Waals surface area contributed by atoms with Gasteiger partial charge in [-0.15, -0.1) is 0 Å². The molecule has 3 aromatic rings. The normalized spacial score (nSPS) is 16.4. The van der Waals surface area contributed by atoms with Crippen LogP contribution in [-0.4, -0.2) is 38.0 Å². The number of carboxylic acid groups (broad SMARTS) is 1. The van der Waals surface area contributed by atoms with E-state index < -0.39 is 5.97 Å². The number of nitrogens with one attached hydrogen (secondary N) is 1. The van der Waals surface area contributed by atoms with Gasteiger partial charge < -0.3 is 15.3 Å². The monoisotopic (exact) mass is 460 g/mol. The molecule has 34 heavy (non-hydrogen) atoms. The smallest absolute Gasteiger partial charge is 0.337 e. The average molecular weight is 461 g/mol. The number of nitrogens with zero attached hydrogens (tertiary/aromatic N) is 3. The number of benzene rings is 2. The molecule has 1 aliphatic heterocycles. The zero-order chi connectivity index (χ0) is 24.6. The van der Waals surface area contributed by atoms with Gasteiger partial charge in [-0.05, 0) is 56.5 Å². The number of aromatic carboxylic acids is 1.